The van der Waals surface area contributed by atoms with Crippen LogP contribution in [0.3, 0.4) is 0 Å². The molecule has 0 radical (unpaired) electrons. The first-order valence-corrected chi connectivity index (χ1v) is 10.0. The summed E-state index contributed by atoms with van der Waals surface area (Å²) in [5, 5.41) is 5.99. The molecule has 2 aromatic carbocycles. The van der Waals surface area contributed by atoms with E-state index in [9.17, 15) is 9.59 Å². The first kappa shape index (κ1) is 19.9. The van der Waals surface area contributed by atoms with Crippen LogP contribution in [0.15, 0.2) is 48.5 Å². The fourth-order valence-electron chi connectivity index (χ4n) is 3.07. The summed E-state index contributed by atoms with van der Waals surface area (Å²) in [6.45, 7) is 6.54. The Bertz CT molecular complexity index is 831. The summed E-state index contributed by atoms with van der Waals surface area (Å²) in [5.41, 5.74) is 3.35. The summed E-state index contributed by atoms with van der Waals surface area (Å²) in [6.07, 6.45) is 2.99. The number of urea groups is 1. The second-order valence-corrected chi connectivity index (χ2v) is 7.59. The van der Waals surface area contributed by atoms with Crippen LogP contribution in [0.4, 0.5) is 10.5 Å². The van der Waals surface area contributed by atoms with E-state index in [1.54, 1.807) is 6.07 Å². The molecule has 3 amide bonds. The van der Waals surface area contributed by atoms with Crippen molar-refractivity contribution in [3.05, 3.63) is 65.2 Å². The summed E-state index contributed by atoms with van der Waals surface area (Å²) in [4.78, 5) is 27.1. The van der Waals surface area contributed by atoms with Gasteiger partial charge in [-0.15, -0.1) is 0 Å². The fourth-order valence-corrected chi connectivity index (χ4v) is 3.07. The molecule has 5 heteroatoms. The molecule has 2 aromatic rings. The van der Waals surface area contributed by atoms with Gasteiger partial charge in [0.1, 0.15) is 0 Å². The maximum absolute atomic E-state index is 12.9. The number of amides is 3. The van der Waals surface area contributed by atoms with Gasteiger partial charge >= 0.3 is 6.03 Å². The molecule has 2 N–H and O–H groups in total. The van der Waals surface area contributed by atoms with Crippen molar-refractivity contribution in [3.63, 3.8) is 0 Å². The third-order valence-electron chi connectivity index (χ3n) is 5.16. The van der Waals surface area contributed by atoms with Crippen molar-refractivity contribution in [3.8, 4) is 0 Å². The number of aryl methyl sites for hydroxylation is 1. The largest absolute Gasteiger partial charge is 0.350 e. The van der Waals surface area contributed by atoms with Crippen LogP contribution in [-0.4, -0.2) is 28.9 Å². The van der Waals surface area contributed by atoms with Gasteiger partial charge in [-0.2, -0.15) is 0 Å². The van der Waals surface area contributed by atoms with Crippen LogP contribution in [0.2, 0.25) is 0 Å². The molecule has 0 saturated heterocycles. The number of nitrogens with one attached hydrogen (secondary N) is 2. The van der Waals surface area contributed by atoms with Crippen LogP contribution in [0, 0.1) is 6.92 Å². The van der Waals surface area contributed by atoms with Crippen molar-refractivity contribution >= 4 is 17.6 Å². The zero-order chi connectivity index (χ0) is 20.1. The predicted molar refractivity (Wildman–Crippen MR) is 112 cm³/mol. The molecule has 0 spiro atoms. The number of nitrogens with zero attached hydrogens (tertiary/aromatic N) is 1. The summed E-state index contributed by atoms with van der Waals surface area (Å²) >= 11 is 0. The second-order valence-electron chi connectivity index (χ2n) is 7.59. The van der Waals surface area contributed by atoms with Gasteiger partial charge in [-0.05, 0) is 62.4 Å². The van der Waals surface area contributed by atoms with Gasteiger partial charge in [-0.25, -0.2) is 4.79 Å². The third kappa shape index (κ3) is 5.12. The van der Waals surface area contributed by atoms with Crippen LogP contribution in [0.5, 0.6) is 0 Å². The van der Waals surface area contributed by atoms with Crippen LogP contribution in [-0.2, 0) is 6.54 Å². The van der Waals surface area contributed by atoms with Crippen LogP contribution >= 0.6 is 0 Å². The standard InChI is InChI=1S/C23H29N3O2/c1-4-17(3)24-22(27)19-10-13-21(16(2)14-19)25-23(28)26(20-11-12-20)15-18-8-6-5-7-9-18/h5-10,13-14,17,20H,4,11-12,15H2,1-3H3,(H,24,27)(H,25,28). The zero-order valence-electron chi connectivity index (χ0n) is 16.9. The van der Waals surface area contributed by atoms with Crippen molar-refractivity contribution < 1.29 is 9.59 Å². The number of rotatable bonds is 7. The Hall–Kier alpha value is -2.82. The molecule has 1 fully saturated rings. The van der Waals surface area contributed by atoms with Crippen molar-refractivity contribution in [2.45, 2.75) is 58.7 Å². The molecule has 0 aliphatic heterocycles. The van der Waals surface area contributed by atoms with E-state index < -0.39 is 0 Å². The lowest BCUT2D eigenvalue weighted by Gasteiger charge is -2.23. The lowest BCUT2D eigenvalue weighted by Crippen LogP contribution is -2.36. The van der Waals surface area contributed by atoms with Gasteiger partial charge < -0.3 is 15.5 Å². The number of hydrogen-bond donors (Lipinski definition) is 2. The Morgan fingerprint density at radius 3 is 2.46 bits per heavy atom. The molecule has 0 heterocycles. The Labute approximate surface area is 167 Å². The van der Waals surface area contributed by atoms with Crippen molar-refractivity contribution in [1.82, 2.24) is 10.2 Å². The van der Waals surface area contributed by atoms with E-state index in [4.69, 9.17) is 0 Å². The quantitative estimate of drug-likeness (QED) is 0.731. The molecule has 1 atom stereocenters. The SMILES string of the molecule is CCC(C)NC(=O)c1ccc(NC(=O)N(Cc2ccccc2)C2CC2)c(C)c1. The molecule has 1 saturated carbocycles. The molecule has 148 valence electrons. The maximum Gasteiger partial charge on any atom is 0.322 e. The van der Waals surface area contributed by atoms with E-state index in [1.807, 2.05) is 68.1 Å². The lowest BCUT2D eigenvalue weighted by atomic mass is 10.1. The van der Waals surface area contributed by atoms with Crippen LogP contribution in [0.1, 0.15) is 54.6 Å². The Kier molecular flexibility index (Phi) is 6.34. The van der Waals surface area contributed by atoms with Gasteiger partial charge in [0, 0.05) is 29.9 Å². The van der Waals surface area contributed by atoms with Gasteiger partial charge in [0.2, 0.25) is 0 Å². The highest BCUT2D eigenvalue weighted by molar-refractivity contribution is 5.96. The van der Waals surface area contributed by atoms with E-state index in [0.29, 0.717) is 18.2 Å². The summed E-state index contributed by atoms with van der Waals surface area (Å²) in [6, 6.07) is 15.8. The molecule has 1 unspecified atom stereocenters. The van der Waals surface area contributed by atoms with Gasteiger partial charge in [0.25, 0.3) is 5.91 Å². The van der Waals surface area contributed by atoms with Crippen molar-refractivity contribution in [2.24, 2.45) is 0 Å². The third-order valence-corrected chi connectivity index (χ3v) is 5.16. The molecule has 0 aromatic heterocycles. The molecule has 0 bridgehead atoms. The van der Waals surface area contributed by atoms with Gasteiger partial charge in [0.05, 0.1) is 0 Å². The summed E-state index contributed by atoms with van der Waals surface area (Å²) < 4.78 is 0. The van der Waals surface area contributed by atoms with E-state index in [2.05, 4.69) is 10.6 Å². The number of anilines is 1. The van der Waals surface area contributed by atoms with Crippen LogP contribution < -0.4 is 10.6 Å². The smallest absolute Gasteiger partial charge is 0.322 e. The van der Waals surface area contributed by atoms with E-state index in [-0.39, 0.29) is 18.0 Å². The number of hydrogen-bond acceptors (Lipinski definition) is 2. The number of carbonyl (C=O) groups excluding carboxylic acids is 2. The highest BCUT2D eigenvalue weighted by Gasteiger charge is 2.32. The number of benzene rings is 2. The van der Waals surface area contributed by atoms with E-state index >= 15 is 0 Å². The first-order valence-electron chi connectivity index (χ1n) is 10.0. The topological polar surface area (TPSA) is 61.4 Å². The maximum atomic E-state index is 12.9. The average Bonchev–Trinajstić information content (AvgIpc) is 3.53. The van der Waals surface area contributed by atoms with Gasteiger partial charge in [-0.3, -0.25) is 4.79 Å². The monoisotopic (exact) mass is 379 g/mol. The normalized spacial score (nSPS) is 14.2. The summed E-state index contributed by atoms with van der Waals surface area (Å²) in [5.74, 6) is -0.0842. The first-order chi connectivity index (χ1) is 13.5. The molecule has 1 aliphatic carbocycles. The molecular weight excluding hydrogens is 350 g/mol. The van der Waals surface area contributed by atoms with Gasteiger partial charge in [-0.1, -0.05) is 37.3 Å². The Balaban J connectivity index is 1.68. The molecular formula is C23H29N3O2. The minimum absolute atomic E-state index is 0.0842. The second kappa shape index (κ2) is 8.91. The minimum Gasteiger partial charge on any atom is -0.350 e. The Morgan fingerprint density at radius 2 is 1.86 bits per heavy atom. The highest BCUT2D eigenvalue weighted by Crippen LogP contribution is 2.29. The zero-order valence-corrected chi connectivity index (χ0v) is 16.9. The minimum atomic E-state index is -0.0914. The van der Waals surface area contributed by atoms with Crippen molar-refractivity contribution in [1.29, 1.82) is 0 Å². The lowest BCUT2D eigenvalue weighted by molar-refractivity contribution is 0.0939. The highest BCUT2D eigenvalue weighted by atomic mass is 16.2. The van der Waals surface area contributed by atoms with Crippen LogP contribution in [0.25, 0.3) is 0 Å². The molecule has 28 heavy (non-hydrogen) atoms. The number of carbonyl (C=O) groups is 2. The van der Waals surface area contributed by atoms with E-state index in [1.165, 1.54) is 0 Å². The van der Waals surface area contributed by atoms with Gasteiger partial charge in [0.15, 0.2) is 0 Å². The van der Waals surface area contributed by atoms with E-state index in [0.717, 1.165) is 36.1 Å². The molecule has 5 nitrogen and oxygen atoms in total. The fraction of sp³-hybridized carbons (Fsp3) is 0.391. The predicted octanol–water partition coefficient (Wildman–Crippen LogP) is 4.72. The summed E-state index contributed by atoms with van der Waals surface area (Å²) in [7, 11) is 0. The van der Waals surface area contributed by atoms with Crippen molar-refractivity contribution in [2.75, 3.05) is 5.32 Å². The average molecular weight is 380 g/mol. The Morgan fingerprint density at radius 1 is 1.14 bits per heavy atom. The molecule has 1 aliphatic rings. The molecule has 3 rings (SSSR count).